The van der Waals surface area contributed by atoms with Crippen LogP contribution >= 0.6 is 0 Å². The van der Waals surface area contributed by atoms with Gasteiger partial charge in [0, 0.05) is 0 Å². The quantitative estimate of drug-likeness (QED) is 0.606. The molecule has 0 aromatic heterocycles. The Morgan fingerprint density at radius 1 is 0.682 bits per heavy atom. The van der Waals surface area contributed by atoms with Crippen molar-refractivity contribution in [2.75, 3.05) is 0 Å². The second kappa shape index (κ2) is 8.02. The third kappa shape index (κ3) is 5.21. The molecule has 2 aromatic carbocycles. The summed E-state index contributed by atoms with van der Waals surface area (Å²) in [5.74, 6) is -0.497. The molecule has 0 radical (unpaired) electrons. The van der Waals surface area contributed by atoms with E-state index in [4.69, 9.17) is 0 Å². The van der Waals surface area contributed by atoms with Gasteiger partial charge in [-0.05, 0) is 54.2 Å². The molecule has 2 rings (SSSR count). The fourth-order valence-electron chi connectivity index (χ4n) is 2.06. The first-order valence-electron chi connectivity index (χ1n) is 7.43. The zero-order chi connectivity index (χ0) is 16.9. The Kier molecular flexibility index (Phi) is 6.66. The Morgan fingerprint density at radius 3 is 1.55 bits per heavy atom. The Hall–Kier alpha value is -1.77. The van der Waals surface area contributed by atoms with E-state index in [-0.39, 0.29) is 29.3 Å². The summed E-state index contributed by atoms with van der Waals surface area (Å²) in [5.41, 5.74) is 2.37. The van der Waals surface area contributed by atoms with Crippen molar-refractivity contribution in [3.8, 4) is 0 Å². The van der Waals surface area contributed by atoms with E-state index in [1.54, 1.807) is 6.07 Å². The third-order valence-electron chi connectivity index (χ3n) is 3.35. The van der Waals surface area contributed by atoms with Crippen LogP contribution in [0.3, 0.4) is 0 Å². The summed E-state index contributed by atoms with van der Waals surface area (Å²) in [4.78, 5) is 0. The lowest BCUT2D eigenvalue weighted by molar-refractivity contribution is 0.575. The Bertz CT molecular complexity index is 561. The lowest BCUT2D eigenvalue weighted by atomic mass is 10.0. The van der Waals surface area contributed by atoms with E-state index in [9.17, 15) is 13.2 Å². The maximum atomic E-state index is 13.0. The van der Waals surface area contributed by atoms with Gasteiger partial charge in [-0.1, -0.05) is 45.4 Å². The van der Waals surface area contributed by atoms with Gasteiger partial charge in [0.15, 0.2) is 0 Å². The highest BCUT2D eigenvalue weighted by Gasteiger charge is 2.06. The largest absolute Gasteiger partial charge is 0.207 e. The number of aryl methyl sites for hydroxylation is 1. The number of hydrogen-bond donors (Lipinski definition) is 0. The normalized spacial score (nSPS) is 10.6. The second-order valence-electron chi connectivity index (χ2n) is 6.00. The van der Waals surface area contributed by atoms with E-state index in [1.165, 1.54) is 12.1 Å². The molecule has 0 aliphatic heterocycles. The zero-order valence-electron chi connectivity index (χ0n) is 13.8. The van der Waals surface area contributed by atoms with Crippen LogP contribution in [0.2, 0.25) is 0 Å². The van der Waals surface area contributed by atoms with E-state index < -0.39 is 0 Å². The molecule has 22 heavy (non-hydrogen) atoms. The number of benzene rings is 2. The molecule has 3 heteroatoms. The van der Waals surface area contributed by atoms with Gasteiger partial charge in [-0.3, -0.25) is 0 Å². The van der Waals surface area contributed by atoms with Crippen LogP contribution in [-0.4, -0.2) is 0 Å². The monoisotopic (exact) mass is 308 g/mol. The molecule has 0 atom stereocenters. The fourth-order valence-corrected chi connectivity index (χ4v) is 2.06. The molecule has 0 N–H and O–H groups in total. The zero-order valence-corrected chi connectivity index (χ0v) is 13.8. The fraction of sp³-hybridized carbons (Fsp3) is 0.368. The minimum Gasteiger partial charge on any atom is -0.207 e. The van der Waals surface area contributed by atoms with Gasteiger partial charge in [0.25, 0.3) is 0 Å². The van der Waals surface area contributed by atoms with Gasteiger partial charge < -0.3 is 0 Å². The summed E-state index contributed by atoms with van der Waals surface area (Å²) >= 11 is 0. The van der Waals surface area contributed by atoms with Gasteiger partial charge in [-0.25, -0.2) is 13.2 Å². The first-order valence-corrected chi connectivity index (χ1v) is 7.43. The van der Waals surface area contributed by atoms with Crippen LogP contribution in [0.4, 0.5) is 13.2 Å². The van der Waals surface area contributed by atoms with Crippen molar-refractivity contribution in [1.82, 2.24) is 0 Å². The summed E-state index contributed by atoms with van der Waals surface area (Å²) < 4.78 is 38.4. The number of halogens is 3. The van der Waals surface area contributed by atoms with Gasteiger partial charge in [-0.15, -0.1) is 0 Å². The van der Waals surface area contributed by atoms with Gasteiger partial charge in [-0.2, -0.15) is 0 Å². The molecular weight excluding hydrogens is 285 g/mol. The number of rotatable bonds is 2. The molecule has 0 unspecified atom stereocenters. The minimum absolute atomic E-state index is 0.0331. The Labute approximate surface area is 131 Å². The van der Waals surface area contributed by atoms with E-state index in [0.717, 1.165) is 23.3 Å². The van der Waals surface area contributed by atoms with Crippen LogP contribution in [0.5, 0.6) is 0 Å². The van der Waals surface area contributed by atoms with E-state index in [0.29, 0.717) is 5.56 Å². The predicted molar refractivity (Wildman–Crippen MR) is 85.7 cm³/mol. The van der Waals surface area contributed by atoms with Crippen molar-refractivity contribution >= 4 is 0 Å². The average Bonchev–Trinajstić information content (AvgIpc) is 2.44. The van der Waals surface area contributed by atoms with Crippen molar-refractivity contribution in [2.24, 2.45) is 0 Å². The van der Waals surface area contributed by atoms with Gasteiger partial charge in [0.05, 0.1) is 0 Å². The summed E-state index contributed by atoms with van der Waals surface area (Å²) in [6.07, 6.45) is 0. The van der Waals surface area contributed by atoms with Crippen molar-refractivity contribution in [2.45, 2.75) is 46.5 Å². The smallest absolute Gasteiger partial charge is 0.126 e. The van der Waals surface area contributed by atoms with Crippen molar-refractivity contribution < 1.29 is 13.2 Å². The molecule has 0 amide bonds. The molecule has 0 fully saturated rings. The molecule has 0 saturated carbocycles. The molecule has 0 bridgehead atoms. The maximum absolute atomic E-state index is 13.0. The molecule has 2 aromatic rings. The molecule has 120 valence electrons. The Morgan fingerprint density at radius 2 is 1.14 bits per heavy atom. The van der Waals surface area contributed by atoms with E-state index >= 15 is 0 Å². The lowest BCUT2D eigenvalue weighted by Gasteiger charge is -2.06. The average molecular weight is 308 g/mol. The standard InChI is InChI=1S/C10H13F.C9H10F2/c1-7(2)9-6-8(3)4-5-10(9)11;1-6(2)8-5-7(10)3-4-9(8)11/h4-7H,1-3H3;3-6H,1-2H3. The van der Waals surface area contributed by atoms with Gasteiger partial charge in [0.2, 0.25) is 0 Å². The van der Waals surface area contributed by atoms with Crippen LogP contribution in [0.15, 0.2) is 36.4 Å². The Balaban J connectivity index is 0.000000220. The number of hydrogen-bond acceptors (Lipinski definition) is 0. The topological polar surface area (TPSA) is 0 Å². The highest BCUT2D eigenvalue weighted by atomic mass is 19.1. The highest BCUT2D eigenvalue weighted by molar-refractivity contribution is 5.26. The summed E-state index contributed by atoms with van der Waals surface area (Å²) in [6.45, 7) is 9.64. The molecule has 0 nitrogen and oxygen atoms in total. The maximum Gasteiger partial charge on any atom is 0.126 e. The van der Waals surface area contributed by atoms with Crippen molar-refractivity contribution in [1.29, 1.82) is 0 Å². The van der Waals surface area contributed by atoms with Gasteiger partial charge >= 0.3 is 0 Å². The summed E-state index contributed by atoms with van der Waals surface area (Å²) in [7, 11) is 0. The van der Waals surface area contributed by atoms with Crippen molar-refractivity contribution in [3.63, 3.8) is 0 Å². The van der Waals surface area contributed by atoms with Crippen LogP contribution in [0, 0.1) is 24.4 Å². The van der Waals surface area contributed by atoms with Gasteiger partial charge in [0.1, 0.15) is 17.5 Å². The second-order valence-corrected chi connectivity index (χ2v) is 6.00. The van der Waals surface area contributed by atoms with Crippen LogP contribution < -0.4 is 0 Å². The van der Waals surface area contributed by atoms with Crippen LogP contribution in [0.25, 0.3) is 0 Å². The molecule has 0 heterocycles. The van der Waals surface area contributed by atoms with E-state index in [2.05, 4.69) is 0 Å². The first kappa shape index (κ1) is 18.3. The molecular formula is C19H23F3. The molecule has 0 saturated heterocycles. The molecule has 0 aliphatic carbocycles. The predicted octanol–water partition coefficient (Wildman–Crippen LogP) is 6.35. The van der Waals surface area contributed by atoms with E-state index in [1.807, 2.05) is 40.7 Å². The SMILES string of the molecule is CC(C)c1cc(F)ccc1F.Cc1ccc(F)c(C(C)C)c1. The first-order chi connectivity index (χ1) is 10.2. The highest BCUT2D eigenvalue weighted by Crippen LogP contribution is 2.19. The minimum atomic E-state index is -0.380. The van der Waals surface area contributed by atoms with Crippen LogP contribution in [-0.2, 0) is 0 Å². The summed E-state index contributed by atoms with van der Waals surface area (Å²) in [5, 5.41) is 0. The molecule has 0 aliphatic rings. The third-order valence-corrected chi connectivity index (χ3v) is 3.35. The van der Waals surface area contributed by atoms with Crippen LogP contribution in [0.1, 0.15) is 56.2 Å². The van der Waals surface area contributed by atoms with Crippen molar-refractivity contribution in [3.05, 3.63) is 70.5 Å². The lowest BCUT2D eigenvalue weighted by Crippen LogP contribution is -1.93. The molecule has 0 spiro atoms. The summed E-state index contributed by atoms with van der Waals surface area (Å²) in [6, 6.07) is 8.75.